The van der Waals surface area contributed by atoms with Crippen LogP contribution in [0, 0.1) is 0 Å². The molecule has 170 valence electrons. The van der Waals surface area contributed by atoms with Crippen LogP contribution in [0.1, 0.15) is 20.8 Å². The minimum absolute atomic E-state index is 0.0365. The van der Waals surface area contributed by atoms with E-state index in [4.69, 9.17) is 0 Å². The van der Waals surface area contributed by atoms with Gasteiger partial charge in [0, 0.05) is 49.0 Å². The number of carbonyl (C=O) groups excluding carboxylic acids is 1. The zero-order valence-electron chi connectivity index (χ0n) is 17.7. The molecule has 31 heavy (non-hydrogen) atoms. The Balaban J connectivity index is 1.67. The third-order valence-corrected chi connectivity index (χ3v) is 5.08. The number of benzene rings is 1. The van der Waals surface area contributed by atoms with Crippen molar-refractivity contribution < 1.29 is 27.9 Å². The third-order valence-electron chi connectivity index (χ3n) is 5.08. The maximum Gasteiger partial charge on any atom is 0.412 e. The average molecular weight is 441 g/mol. The number of fused-ring (bicyclic) bond motifs is 1. The van der Waals surface area contributed by atoms with Crippen molar-refractivity contribution in [3.63, 3.8) is 0 Å². The lowest BCUT2D eigenvalue weighted by molar-refractivity contribution is -0.151. The van der Waals surface area contributed by atoms with Crippen molar-refractivity contribution in [2.24, 2.45) is 0 Å². The highest BCUT2D eigenvalue weighted by Gasteiger charge is 2.33. The summed E-state index contributed by atoms with van der Waals surface area (Å²) in [5.41, 5.74) is 0.477. The molecular formula is C20H26F3N5O3. The summed E-state index contributed by atoms with van der Waals surface area (Å²) >= 11 is 0. The molecule has 0 radical (unpaired) electrons. The van der Waals surface area contributed by atoms with E-state index >= 15 is 0 Å². The summed E-state index contributed by atoms with van der Waals surface area (Å²) in [6, 6.07) is 5.07. The summed E-state index contributed by atoms with van der Waals surface area (Å²) in [5.74, 6) is -0.221. The second kappa shape index (κ2) is 8.37. The Kier molecular flexibility index (Phi) is 6.17. The molecule has 1 fully saturated rings. The number of hydrogen-bond donors (Lipinski definition) is 1. The molecule has 0 bridgehead atoms. The zero-order valence-corrected chi connectivity index (χ0v) is 17.7. The second-order valence-electron chi connectivity index (χ2n) is 8.63. The molecule has 1 aromatic carbocycles. The van der Waals surface area contributed by atoms with Gasteiger partial charge in [-0.2, -0.15) is 18.3 Å². The van der Waals surface area contributed by atoms with E-state index in [1.54, 1.807) is 45.2 Å². The Hall–Kier alpha value is -2.82. The van der Waals surface area contributed by atoms with Gasteiger partial charge in [-0.15, -0.1) is 0 Å². The summed E-state index contributed by atoms with van der Waals surface area (Å²) in [4.78, 5) is 28.4. The number of alkyl halides is 3. The highest BCUT2D eigenvalue weighted by molar-refractivity contribution is 5.92. The molecule has 0 unspecified atom stereocenters. The van der Waals surface area contributed by atoms with Crippen LogP contribution in [0.25, 0.3) is 10.9 Å². The molecule has 0 spiro atoms. The van der Waals surface area contributed by atoms with Gasteiger partial charge in [-0.25, -0.2) is 4.79 Å². The number of amides is 2. The van der Waals surface area contributed by atoms with Gasteiger partial charge in [0.2, 0.25) is 5.91 Å². The smallest absolute Gasteiger partial charge is 0.412 e. The molecule has 1 aromatic heterocycles. The molecule has 1 aliphatic rings. The molecule has 11 heteroatoms. The van der Waals surface area contributed by atoms with Crippen molar-refractivity contribution in [3.8, 4) is 0 Å². The first-order chi connectivity index (χ1) is 14.3. The minimum Gasteiger partial charge on any atom is -0.465 e. The van der Waals surface area contributed by atoms with Crippen LogP contribution >= 0.6 is 0 Å². The van der Waals surface area contributed by atoms with Crippen molar-refractivity contribution in [1.29, 1.82) is 0 Å². The average Bonchev–Trinajstić information content (AvgIpc) is 3.00. The zero-order chi connectivity index (χ0) is 23.0. The Morgan fingerprint density at radius 3 is 2.32 bits per heavy atom. The number of carbonyl (C=O) groups is 2. The van der Waals surface area contributed by atoms with Crippen molar-refractivity contribution in [1.82, 2.24) is 19.6 Å². The fourth-order valence-electron chi connectivity index (χ4n) is 3.72. The molecule has 0 saturated carbocycles. The SMILES string of the molecule is CC(C)(C)N(C(=O)O)c1ccc2nn(CC(=O)N3CCN(CC(F)(F)F)CC3)cc2c1. The molecule has 0 aliphatic carbocycles. The number of carboxylic acid groups (broad SMARTS) is 1. The molecule has 2 aromatic rings. The van der Waals surface area contributed by atoms with E-state index in [1.165, 1.54) is 19.4 Å². The molecule has 1 N–H and O–H groups in total. The van der Waals surface area contributed by atoms with E-state index in [2.05, 4.69) is 5.10 Å². The van der Waals surface area contributed by atoms with Gasteiger partial charge in [0.1, 0.15) is 6.54 Å². The first-order valence-corrected chi connectivity index (χ1v) is 9.91. The number of piperazine rings is 1. The number of rotatable bonds is 4. The lowest BCUT2D eigenvalue weighted by Gasteiger charge is -2.34. The fourth-order valence-corrected chi connectivity index (χ4v) is 3.72. The van der Waals surface area contributed by atoms with Crippen LogP contribution in [-0.2, 0) is 11.3 Å². The van der Waals surface area contributed by atoms with Crippen molar-refractivity contribution in [3.05, 3.63) is 24.4 Å². The number of hydrogen-bond acceptors (Lipinski definition) is 4. The predicted molar refractivity (Wildman–Crippen MR) is 109 cm³/mol. The third kappa shape index (κ3) is 5.66. The predicted octanol–water partition coefficient (Wildman–Crippen LogP) is 3.03. The number of anilines is 1. The van der Waals surface area contributed by atoms with Gasteiger partial charge in [0.05, 0.1) is 12.1 Å². The van der Waals surface area contributed by atoms with Crippen LogP contribution in [0.3, 0.4) is 0 Å². The van der Waals surface area contributed by atoms with E-state index in [1.807, 2.05) is 0 Å². The molecular weight excluding hydrogens is 415 g/mol. The van der Waals surface area contributed by atoms with Crippen LogP contribution in [0.4, 0.5) is 23.7 Å². The van der Waals surface area contributed by atoms with Gasteiger partial charge >= 0.3 is 12.3 Å². The van der Waals surface area contributed by atoms with Gasteiger partial charge in [-0.05, 0) is 39.0 Å². The van der Waals surface area contributed by atoms with E-state index in [-0.39, 0.29) is 38.6 Å². The fraction of sp³-hybridized carbons (Fsp3) is 0.550. The van der Waals surface area contributed by atoms with Crippen molar-refractivity contribution in [2.75, 3.05) is 37.6 Å². The highest BCUT2D eigenvalue weighted by Crippen LogP contribution is 2.27. The van der Waals surface area contributed by atoms with Gasteiger partial charge in [-0.3, -0.25) is 19.3 Å². The summed E-state index contributed by atoms with van der Waals surface area (Å²) in [5, 5.41) is 14.6. The van der Waals surface area contributed by atoms with E-state index < -0.39 is 24.4 Å². The summed E-state index contributed by atoms with van der Waals surface area (Å²) < 4.78 is 39.0. The van der Waals surface area contributed by atoms with Gasteiger partial charge in [0.15, 0.2) is 0 Å². The molecule has 0 atom stereocenters. The van der Waals surface area contributed by atoms with Gasteiger partial charge in [-0.1, -0.05) is 0 Å². The summed E-state index contributed by atoms with van der Waals surface area (Å²) in [6.07, 6.45) is -3.65. The molecule has 2 heterocycles. The second-order valence-corrected chi connectivity index (χ2v) is 8.63. The van der Waals surface area contributed by atoms with Crippen molar-refractivity contribution in [2.45, 2.75) is 39.0 Å². The molecule has 3 rings (SSSR count). The first-order valence-electron chi connectivity index (χ1n) is 9.91. The monoisotopic (exact) mass is 441 g/mol. The molecule has 2 amide bonds. The van der Waals surface area contributed by atoms with Gasteiger partial charge in [0.25, 0.3) is 0 Å². The van der Waals surface area contributed by atoms with E-state index in [9.17, 15) is 27.9 Å². The maximum atomic E-state index is 12.6. The van der Waals surface area contributed by atoms with Crippen LogP contribution in [-0.4, -0.2) is 81.1 Å². The van der Waals surface area contributed by atoms with Crippen LogP contribution in [0.5, 0.6) is 0 Å². The van der Waals surface area contributed by atoms with E-state index in [0.717, 1.165) is 0 Å². The molecule has 1 aliphatic heterocycles. The van der Waals surface area contributed by atoms with Crippen LogP contribution < -0.4 is 4.90 Å². The Morgan fingerprint density at radius 1 is 1.13 bits per heavy atom. The molecule has 8 nitrogen and oxygen atoms in total. The van der Waals surface area contributed by atoms with Crippen molar-refractivity contribution >= 4 is 28.6 Å². The number of nitrogens with zero attached hydrogens (tertiary/aromatic N) is 5. The number of aromatic nitrogens is 2. The lowest BCUT2D eigenvalue weighted by atomic mass is 10.1. The summed E-state index contributed by atoms with van der Waals surface area (Å²) in [6.45, 7) is 5.19. The van der Waals surface area contributed by atoms with Gasteiger partial charge < -0.3 is 10.0 Å². The van der Waals surface area contributed by atoms with Crippen LogP contribution in [0.2, 0.25) is 0 Å². The number of halogens is 3. The maximum absolute atomic E-state index is 12.6. The standard InChI is InChI=1S/C20H26F3N5O3/c1-19(2,3)28(18(30)31)15-4-5-16-14(10-15)11-27(24-16)12-17(29)26-8-6-25(7-9-26)13-20(21,22)23/h4-5,10-11H,6-9,12-13H2,1-3H3,(H,30,31). The quantitative estimate of drug-likeness (QED) is 0.789. The topological polar surface area (TPSA) is 81.9 Å². The normalized spacial score (nSPS) is 16.0. The van der Waals surface area contributed by atoms with E-state index in [0.29, 0.717) is 16.6 Å². The lowest BCUT2D eigenvalue weighted by Crippen LogP contribution is -2.51. The Morgan fingerprint density at radius 2 is 1.77 bits per heavy atom. The largest absolute Gasteiger partial charge is 0.465 e. The summed E-state index contributed by atoms with van der Waals surface area (Å²) in [7, 11) is 0. The minimum atomic E-state index is -4.25. The molecule has 1 saturated heterocycles. The highest BCUT2D eigenvalue weighted by atomic mass is 19.4. The Bertz CT molecular complexity index is 959. The Labute approximate surface area is 177 Å². The first kappa shape index (κ1) is 22.9. The van der Waals surface area contributed by atoms with Crippen LogP contribution in [0.15, 0.2) is 24.4 Å².